The lowest BCUT2D eigenvalue weighted by Gasteiger charge is -2.22. The number of H-pyrrole nitrogens is 1. The summed E-state index contributed by atoms with van der Waals surface area (Å²) in [5.41, 5.74) is 3.37. The minimum Gasteiger partial charge on any atom is -0.316 e. The first-order chi connectivity index (χ1) is 8.33. The first kappa shape index (κ1) is 11.0. The molecule has 1 aliphatic heterocycles. The highest BCUT2D eigenvalue weighted by Crippen LogP contribution is 2.24. The molecule has 1 unspecified atom stereocenters. The minimum atomic E-state index is -0.163. The SMILES string of the molecule is O=c1nc(CC2CCCNC2)c2c([nH]1)CCC2. The summed E-state index contributed by atoms with van der Waals surface area (Å²) in [6, 6.07) is 0. The number of piperidine rings is 1. The molecule has 2 aliphatic rings. The van der Waals surface area contributed by atoms with E-state index >= 15 is 0 Å². The Morgan fingerprint density at radius 2 is 2.24 bits per heavy atom. The highest BCUT2D eigenvalue weighted by Gasteiger charge is 2.21. The van der Waals surface area contributed by atoms with Gasteiger partial charge < -0.3 is 10.3 Å². The summed E-state index contributed by atoms with van der Waals surface area (Å²) in [5, 5.41) is 3.42. The molecule has 0 amide bonds. The molecular formula is C13H19N3O. The van der Waals surface area contributed by atoms with Crippen molar-refractivity contribution in [3.05, 3.63) is 27.4 Å². The molecular weight excluding hydrogens is 214 g/mol. The highest BCUT2D eigenvalue weighted by atomic mass is 16.1. The van der Waals surface area contributed by atoms with Crippen molar-refractivity contribution in [3.8, 4) is 0 Å². The number of hydrogen-bond donors (Lipinski definition) is 2. The summed E-state index contributed by atoms with van der Waals surface area (Å²) in [6.07, 6.45) is 6.75. The molecule has 0 aromatic carbocycles. The number of nitrogens with zero attached hydrogens (tertiary/aromatic N) is 1. The molecule has 3 rings (SSSR count). The molecule has 0 radical (unpaired) electrons. The lowest BCUT2D eigenvalue weighted by atomic mass is 9.93. The molecule has 1 fully saturated rings. The van der Waals surface area contributed by atoms with Crippen LogP contribution in [0.25, 0.3) is 0 Å². The smallest absolute Gasteiger partial charge is 0.316 e. The van der Waals surface area contributed by atoms with E-state index in [4.69, 9.17) is 0 Å². The third-order valence-electron chi connectivity index (χ3n) is 3.94. The lowest BCUT2D eigenvalue weighted by molar-refractivity contribution is 0.372. The normalized spacial score (nSPS) is 23.6. The van der Waals surface area contributed by atoms with Gasteiger partial charge in [-0.25, -0.2) is 4.79 Å². The average Bonchev–Trinajstić information content (AvgIpc) is 2.78. The molecule has 0 saturated carbocycles. The average molecular weight is 233 g/mol. The van der Waals surface area contributed by atoms with E-state index < -0.39 is 0 Å². The van der Waals surface area contributed by atoms with Gasteiger partial charge in [0.25, 0.3) is 0 Å². The van der Waals surface area contributed by atoms with Gasteiger partial charge >= 0.3 is 5.69 Å². The fraction of sp³-hybridized carbons (Fsp3) is 0.692. The fourth-order valence-electron chi connectivity index (χ4n) is 3.09. The molecule has 1 saturated heterocycles. The molecule has 1 aliphatic carbocycles. The van der Waals surface area contributed by atoms with Gasteiger partial charge in [-0.1, -0.05) is 0 Å². The van der Waals surface area contributed by atoms with Crippen LogP contribution >= 0.6 is 0 Å². The van der Waals surface area contributed by atoms with Crippen LogP contribution in [0.1, 0.15) is 36.2 Å². The van der Waals surface area contributed by atoms with Gasteiger partial charge in [0.15, 0.2) is 0 Å². The van der Waals surface area contributed by atoms with Crippen LogP contribution < -0.4 is 11.0 Å². The summed E-state index contributed by atoms with van der Waals surface area (Å²) in [6.45, 7) is 2.21. The van der Waals surface area contributed by atoms with E-state index in [0.29, 0.717) is 5.92 Å². The lowest BCUT2D eigenvalue weighted by Crippen LogP contribution is -2.32. The van der Waals surface area contributed by atoms with Crippen molar-refractivity contribution < 1.29 is 0 Å². The van der Waals surface area contributed by atoms with E-state index in [2.05, 4.69) is 15.3 Å². The van der Waals surface area contributed by atoms with Gasteiger partial charge in [0.2, 0.25) is 0 Å². The Morgan fingerprint density at radius 1 is 1.29 bits per heavy atom. The van der Waals surface area contributed by atoms with Gasteiger partial charge in [-0.3, -0.25) is 0 Å². The first-order valence-electron chi connectivity index (χ1n) is 6.64. The number of fused-ring (bicyclic) bond motifs is 1. The van der Waals surface area contributed by atoms with E-state index in [-0.39, 0.29) is 5.69 Å². The maximum Gasteiger partial charge on any atom is 0.345 e. The molecule has 17 heavy (non-hydrogen) atoms. The Hall–Kier alpha value is -1.16. The van der Waals surface area contributed by atoms with Crippen LogP contribution in [0, 0.1) is 5.92 Å². The predicted octanol–water partition coefficient (Wildman–Crippen LogP) is 0.801. The number of rotatable bonds is 2. The van der Waals surface area contributed by atoms with E-state index in [1.54, 1.807) is 0 Å². The summed E-state index contributed by atoms with van der Waals surface area (Å²) < 4.78 is 0. The van der Waals surface area contributed by atoms with Crippen molar-refractivity contribution in [2.24, 2.45) is 5.92 Å². The molecule has 1 aromatic rings. The summed E-state index contributed by atoms with van der Waals surface area (Å²) in [7, 11) is 0. The summed E-state index contributed by atoms with van der Waals surface area (Å²) >= 11 is 0. The molecule has 92 valence electrons. The topological polar surface area (TPSA) is 57.8 Å². The maximum absolute atomic E-state index is 11.5. The van der Waals surface area contributed by atoms with Crippen molar-refractivity contribution in [1.29, 1.82) is 0 Å². The third kappa shape index (κ3) is 2.27. The van der Waals surface area contributed by atoms with Crippen LogP contribution in [-0.4, -0.2) is 23.1 Å². The van der Waals surface area contributed by atoms with E-state index in [1.807, 2.05) is 0 Å². The van der Waals surface area contributed by atoms with Gasteiger partial charge in [0, 0.05) is 5.69 Å². The monoisotopic (exact) mass is 233 g/mol. The predicted molar refractivity (Wildman–Crippen MR) is 66.2 cm³/mol. The minimum absolute atomic E-state index is 0.163. The van der Waals surface area contributed by atoms with Crippen molar-refractivity contribution in [1.82, 2.24) is 15.3 Å². The summed E-state index contributed by atoms with van der Waals surface area (Å²) in [4.78, 5) is 18.6. The number of nitrogens with one attached hydrogen (secondary N) is 2. The summed E-state index contributed by atoms with van der Waals surface area (Å²) in [5.74, 6) is 0.655. The zero-order valence-electron chi connectivity index (χ0n) is 10.1. The van der Waals surface area contributed by atoms with Gasteiger partial charge in [-0.15, -0.1) is 0 Å². The van der Waals surface area contributed by atoms with Crippen LogP contribution in [-0.2, 0) is 19.3 Å². The van der Waals surface area contributed by atoms with Crippen LogP contribution in [0.2, 0.25) is 0 Å². The van der Waals surface area contributed by atoms with Gasteiger partial charge in [0.1, 0.15) is 0 Å². The first-order valence-corrected chi connectivity index (χ1v) is 6.64. The van der Waals surface area contributed by atoms with Crippen molar-refractivity contribution in [2.45, 2.75) is 38.5 Å². The Bertz CT molecular complexity index is 460. The quantitative estimate of drug-likeness (QED) is 0.794. The highest BCUT2D eigenvalue weighted by molar-refractivity contribution is 5.29. The fourth-order valence-corrected chi connectivity index (χ4v) is 3.09. The van der Waals surface area contributed by atoms with Crippen LogP contribution in [0.5, 0.6) is 0 Å². The van der Waals surface area contributed by atoms with Crippen molar-refractivity contribution >= 4 is 0 Å². The third-order valence-corrected chi connectivity index (χ3v) is 3.94. The molecule has 2 heterocycles. The molecule has 2 N–H and O–H groups in total. The van der Waals surface area contributed by atoms with Crippen LogP contribution in [0.3, 0.4) is 0 Å². The van der Waals surface area contributed by atoms with Crippen molar-refractivity contribution in [2.75, 3.05) is 13.1 Å². The number of hydrogen-bond acceptors (Lipinski definition) is 3. The van der Waals surface area contributed by atoms with Gasteiger partial charge in [-0.2, -0.15) is 4.98 Å². The van der Waals surface area contributed by atoms with Crippen molar-refractivity contribution in [3.63, 3.8) is 0 Å². The molecule has 0 spiro atoms. The maximum atomic E-state index is 11.5. The van der Waals surface area contributed by atoms with Gasteiger partial charge in [-0.05, 0) is 63.1 Å². The number of aryl methyl sites for hydroxylation is 1. The Balaban J connectivity index is 1.84. The number of aromatic nitrogens is 2. The second-order valence-corrected chi connectivity index (χ2v) is 5.22. The molecule has 1 aromatic heterocycles. The molecule has 4 nitrogen and oxygen atoms in total. The zero-order valence-corrected chi connectivity index (χ0v) is 10.1. The Kier molecular flexibility index (Phi) is 2.97. The second kappa shape index (κ2) is 4.61. The van der Waals surface area contributed by atoms with E-state index in [9.17, 15) is 4.79 Å². The van der Waals surface area contributed by atoms with Gasteiger partial charge in [0.05, 0.1) is 5.69 Å². The van der Waals surface area contributed by atoms with E-state index in [0.717, 1.165) is 50.2 Å². The van der Waals surface area contributed by atoms with E-state index in [1.165, 1.54) is 18.4 Å². The Morgan fingerprint density at radius 3 is 3.06 bits per heavy atom. The molecule has 0 bridgehead atoms. The van der Waals surface area contributed by atoms with Crippen LogP contribution in [0.15, 0.2) is 4.79 Å². The number of aromatic amines is 1. The molecule has 4 heteroatoms. The van der Waals surface area contributed by atoms with Crippen LogP contribution in [0.4, 0.5) is 0 Å². The molecule has 1 atom stereocenters. The standard InChI is InChI=1S/C13H19N3O/c17-13-15-11-5-1-4-10(11)12(16-13)7-9-3-2-6-14-8-9/h9,14H,1-8H2,(H,15,16,17). The second-order valence-electron chi connectivity index (χ2n) is 5.22. The largest absolute Gasteiger partial charge is 0.345 e. The zero-order chi connectivity index (χ0) is 11.7. The Labute approximate surface area is 101 Å².